The number of hydrogen-bond donors (Lipinski definition) is 2. The van der Waals surface area contributed by atoms with E-state index in [1.165, 1.54) is 0 Å². The molecule has 8 heteroatoms. The summed E-state index contributed by atoms with van der Waals surface area (Å²) < 4.78 is 1.80. The number of carbonyl (C=O) groups is 1. The van der Waals surface area contributed by atoms with Gasteiger partial charge in [-0.3, -0.25) is 14.5 Å². The fraction of sp³-hybridized carbons (Fsp3) is 0.438. The van der Waals surface area contributed by atoms with Crippen LogP contribution >= 0.6 is 24.8 Å². The molecule has 0 aromatic carbocycles. The van der Waals surface area contributed by atoms with Crippen LogP contribution in [0.2, 0.25) is 0 Å². The third kappa shape index (κ3) is 4.06. The average Bonchev–Trinajstić information content (AvgIpc) is 3.11. The Kier molecular flexibility index (Phi) is 7.66. The molecule has 1 aliphatic rings. The fourth-order valence-electron chi connectivity index (χ4n) is 2.96. The number of rotatable bonds is 4. The largest absolute Gasteiger partial charge is 0.346 e. The average molecular weight is 372 g/mol. The van der Waals surface area contributed by atoms with E-state index in [-0.39, 0.29) is 36.8 Å². The zero-order chi connectivity index (χ0) is 15.4. The summed E-state index contributed by atoms with van der Waals surface area (Å²) in [7, 11) is 0. The second kappa shape index (κ2) is 9.01. The van der Waals surface area contributed by atoms with Gasteiger partial charge in [0.2, 0.25) is 5.91 Å². The first-order chi connectivity index (χ1) is 10.7. The van der Waals surface area contributed by atoms with E-state index in [1.807, 2.05) is 37.4 Å². The number of aromatic nitrogens is 3. The SMILES string of the molecule is CC(NC(=O)C1(n2cccn2)CCNCC1)c1ccccn1.Cl.Cl. The Morgan fingerprint density at radius 2 is 2.00 bits per heavy atom. The first kappa shape index (κ1) is 20.4. The maximum atomic E-state index is 13.0. The molecule has 1 aliphatic heterocycles. The van der Waals surface area contributed by atoms with Gasteiger partial charge in [-0.25, -0.2) is 0 Å². The number of pyridine rings is 1. The van der Waals surface area contributed by atoms with Gasteiger partial charge in [-0.2, -0.15) is 5.10 Å². The highest BCUT2D eigenvalue weighted by atomic mass is 35.5. The Balaban J connectivity index is 0.00000144. The lowest BCUT2D eigenvalue weighted by Crippen LogP contribution is -2.55. The number of nitrogens with one attached hydrogen (secondary N) is 2. The van der Waals surface area contributed by atoms with Gasteiger partial charge >= 0.3 is 0 Å². The molecule has 1 unspecified atom stereocenters. The Labute approximate surface area is 154 Å². The van der Waals surface area contributed by atoms with E-state index in [0.29, 0.717) is 0 Å². The van der Waals surface area contributed by atoms with Crippen molar-refractivity contribution >= 4 is 30.7 Å². The molecule has 1 saturated heterocycles. The Morgan fingerprint density at radius 3 is 2.58 bits per heavy atom. The van der Waals surface area contributed by atoms with Gasteiger partial charge in [0.1, 0.15) is 5.54 Å². The number of carbonyl (C=O) groups excluding carboxylic acids is 1. The predicted molar refractivity (Wildman–Crippen MR) is 97.6 cm³/mol. The van der Waals surface area contributed by atoms with Gasteiger partial charge in [0.05, 0.1) is 11.7 Å². The first-order valence-corrected chi connectivity index (χ1v) is 7.65. The van der Waals surface area contributed by atoms with E-state index in [9.17, 15) is 4.79 Å². The molecule has 3 heterocycles. The Hall–Kier alpha value is -1.63. The predicted octanol–water partition coefficient (Wildman–Crippen LogP) is 2.08. The van der Waals surface area contributed by atoms with Gasteiger partial charge in [-0.05, 0) is 51.1 Å². The third-order valence-electron chi connectivity index (χ3n) is 4.28. The van der Waals surface area contributed by atoms with Crippen molar-refractivity contribution in [1.82, 2.24) is 25.4 Å². The lowest BCUT2D eigenvalue weighted by Gasteiger charge is -2.37. The molecule has 2 aromatic rings. The fourth-order valence-corrected chi connectivity index (χ4v) is 2.96. The van der Waals surface area contributed by atoms with E-state index >= 15 is 0 Å². The molecule has 132 valence electrons. The number of hydrogen-bond acceptors (Lipinski definition) is 4. The highest BCUT2D eigenvalue weighted by molar-refractivity contribution is 5.86. The van der Waals surface area contributed by atoms with Crippen molar-refractivity contribution in [3.8, 4) is 0 Å². The topological polar surface area (TPSA) is 71.8 Å². The summed E-state index contributed by atoms with van der Waals surface area (Å²) in [6, 6.07) is 7.46. The van der Waals surface area contributed by atoms with Crippen LogP contribution in [-0.4, -0.2) is 33.8 Å². The van der Waals surface area contributed by atoms with Gasteiger partial charge in [-0.15, -0.1) is 24.8 Å². The van der Waals surface area contributed by atoms with Crippen LogP contribution in [0.4, 0.5) is 0 Å². The maximum absolute atomic E-state index is 13.0. The normalized spacial score (nSPS) is 17.0. The van der Waals surface area contributed by atoms with Crippen LogP contribution in [0.15, 0.2) is 42.9 Å². The molecule has 24 heavy (non-hydrogen) atoms. The van der Waals surface area contributed by atoms with Gasteiger partial charge < -0.3 is 10.6 Å². The summed E-state index contributed by atoms with van der Waals surface area (Å²) in [6.45, 7) is 3.58. The highest BCUT2D eigenvalue weighted by Crippen LogP contribution is 2.28. The number of nitrogens with zero attached hydrogens (tertiary/aromatic N) is 3. The van der Waals surface area contributed by atoms with Crippen LogP contribution < -0.4 is 10.6 Å². The Bertz CT molecular complexity index is 615. The van der Waals surface area contributed by atoms with Crippen molar-refractivity contribution < 1.29 is 4.79 Å². The summed E-state index contributed by atoms with van der Waals surface area (Å²) in [6.07, 6.45) is 6.80. The van der Waals surface area contributed by atoms with Crippen molar-refractivity contribution in [2.45, 2.75) is 31.3 Å². The molecule has 1 atom stereocenters. The van der Waals surface area contributed by atoms with Crippen molar-refractivity contribution in [3.05, 3.63) is 48.5 Å². The van der Waals surface area contributed by atoms with Crippen molar-refractivity contribution in [2.24, 2.45) is 0 Å². The minimum atomic E-state index is -0.613. The van der Waals surface area contributed by atoms with Gasteiger partial charge in [-0.1, -0.05) is 6.07 Å². The molecule has 3 rings (SSSR count). The van der Waals surface area contributed by atoms with Crippen LogP contribution in [0.5, 0.6) is 0 Å². The molecule has 0 bridgehead atoms. The van der Waals surface area contributed by atoms with E-state index in [4.69, 9.17) is 0 Å². The summed E-state index contributed by atoms with van der Waals surface area (Å²) in [5.74, 6) is 0.0100. The first-order valence-electron chi connectivity index (χ1n) is 7.65. The summed E-state index contributed by atoms with van der Waals surface area (Å²) in [4.78, 5) is 17.3. The molecule has 0 aliphatic carbocycles. The van der Waals surface area contributed by atoms with E-state index in [2.05, 4.69) is 20.7 Å². The summed E-state index contributed by atoms with van der Waals surface area (Å²) in [5.41, 5.74) is 0.248. The molecule has 2 N–H and O–H groups in total. The van der Waals surface area contributed by atoms with E-state index < -0.39 is 5.54 Å². The monoisotopic (exact) mass is 371 g/mol. The van der Waals surface area contributed by atoms with Gasteiger partial charge in [0, 0.05) is 18.6 Å². The number of amides is 1. The van der Waals surface area contributed by atoms with Crippen molar-refractivity contribution in [3.63, 3.8) is 0 Å². The van der Waals surface area contributed by atoms with Crippen molar-refractivity contribution in [2.75, 3.05) is 13.1 Å². The van der Waals surface area contributed by atoms with Gasteiger partial charge in [0.15, 0.2) is 0 Å². The molecule has 1 fully saturated rings. The summed E-state index contributed by atoms with van der Waals surface area (Å²) >= 11 is 0. The molecular formula is C16H23Cl2N5O. The minimum Gasteiger partial charge on any atom is -0.346 e. The maximum Gasteiger partial charge on any atom is 0.248 e. The van der Waals surface area contributed by atoms with Crippen LogP contribution in [0, 0.1) is 0 Å². The van der Waals surface area contributed by atoms with Crippen LogP contribution in [-0.2, 0) is 10.3 Å². The lowest BCUT2D eigenvalue weighted by atomic mass is 9.87. The van der Waals surface area contributed by atoms with Crippen LogP contribution in [0.25, 0.3) is 0 Å². The molecular weight excluding hydrogens is 349 g/mol. The molecule has 2 aromatic heterocycles. The molecule has 0 spiro atoms. The Morgan fingerprint density at radius 1 is 1.25 bits per heavy atom. The molecule has 0 saturated carbocycles. The quantitative estimate of drug-likeness (QED) is 0.862. The summed E-state index contributed by atoms with van der Waals surface area (Å²) in [5, 5.41) is 10.7. The van der Waals surface area contributed by atoms with E-state index in [0.717, 1.165) is 31.6 Å². The number of piperidine rings is 1. The smallest absolute Gasteiger partial charge is 0.248 e. The highest BCUT2D eigenvalue weighted by Gasteiger charge is 2.42. The standard InChI is InChI=1S/C16H21N5O.2ClH/c1-13(14-5-2-3-8-18-14)20-15(22)16(6-10-17-11-7-16)21-12-4-9-19-21;;/h2-5,8-9,12-13,17H,6-7,10-11H2,1H3,(H,20,22);2*1H. The van der Waals surface area contributed by atoms with Gasteiger partial charge in [0.25, 0.3) is 0 Å². The zero-order valence-corrected chi connectivity index (χ0v) is 15.1. The van der Waals surface area contributed by atoms with Crippen LogP contribution in [0.3, 0.4) is 0 Å². The van der Waals surface area contributed by atoms with Crippen molar-refractivity contribution in [1.29, 1.82) is 0 Å². The zero-order valence-electron chi connectivity index (χ0n) is 13.5. The second-order valence-electron chi connectivity index (χ2n) is 5.68. The number of halogens is 2. The molecule has 6 nitrogen and oxygen atoms in total. The molecule has 0 radical (unpaired) electrons. The minimum absolute atomic E-state index is 0. The lowest BCUT2D eigenvalue weighted by molar-refractivity contribution is -0.132. The third-order valence-corrected chi connectivity index (χ3v) is 4.28. The molecule has 1 amide bonds. The van der Waals surface area contributed by atoms with E-state index in [1.54, 1.807) is 17.1 Å². The second-order valence-corrected chi connectivity index (χ2v) is 5.68. The van der Waals surface area contributed by atoms with Crippen LogP contribution in [0.1, 0.15) is 31.5 Å².